The quantitative estimate of drug-likeness (QED) is 0.756. The van der Waals surface area contributed by atoms with Gasteiger partial charge in [0, 0.05) is 42.8 Å². The van der Waals surface area contributed by atoms with Crippen molar-refractivity contribution in [3.8, 4) is 11.3 Å². The molecule has 1 saturated heterocycles. The van der Waals surface area contributed by atoms with E-state index in [0.717, 1.165) is 22.7 Å². The standard InChI is InChI=1S/C25H28N4O3/c1-28-14-19(26-24(28)25-9-6-15(7-10-25)8-11-25)16-2-3-18-17(12-16)13-29(23(18)32)20-4-5-21(30)27-22(20)31/h2-3,12,14-15,20H,4-11,13H2,1H3,(H,27,30,31). The Hall–Kier alpha value is -2.96. The largest absolute Gasteiger partial charge is 0.337 e. The summed E-state index contributed by atoms with van der Waals surface area (Å²) >= 11 is 0. The number of imidazole rings is 1. The molecule has 0 spiro atoms. The Morgan fingerprint density at radius 2 is 1.81 bits per heavy atom. The highest BCUT2D eigenvalue weighted by atomic mass is 16.2. The van der Waals surface area contributed by atoms with Crippen LogP contribution in [0.1, 0.15) is 73.1 Å². The van der Waals surface area contributed by atoms with Crippen LogP contribution in [0.15, 0.2) is 24.4 Å². The van der Waals surface area contributed by atoms with Crippen LogP contribution in [0.25, 0.3) is 11.3 Å². The van der Waals surface area contributed by atoms with Crippen LogP contribution < -0.4 is 5.32 Å². The number of aryl methyl sites for hydroxylation is 1. The van der Waals surface area contributed by atoms with Crippen molar-refractivity contribution in [2.75, 3.05) is 0 Å². The van der Waals surface area contributed by atoms with Gasteiger partial charge in [-0.3, -0.25) is 19.7 Å². The van der Waals surface area contributed by atoms with Gasteiger partial charge in [-0.2, -0.15) is 0 Å². The Morgan fingerprint density at radius 1 is 1.06 bits per heavy atom. The Bertz CT molecular complexity index is 1130. The summed E-state index contributed by atoms with van der Waals surface area (Å²) in [7, 11) is 2.10. The van der Waals surface area contributed by atoms with Crippen LogP contribution in [-0.2, 0) is 28.6 Å². The van der Waals surface area contributed by atoms with Crippen molar-refractivity contribution < 1.29 is 14.4 Å². The first-order valence-corrected chi connectivity index (χ1v) is 11.8. The average Bonchev–Trinajstić information content (AvgIpc) is 3.35. The number of hydrogen-bond donors (Lipinski definition) is 1. The van der Waals surface area contributed by atoms with Gasteiger partial charge in [-0.15, -0.1) is 0 Å². The topological polar surface area (TPSA) is 84.3 Å². The van der Waals surface area contributed by atoms with E-state index in [1.54, 1.807) is 4.90 Å². The molecule has 1 N–H and O–H groups in total. The van der Waals surface area contributed by atoms with E-state index in [4.69, 9.17) is 4.98 Å². The smallest absolute Gasteiger partial charge is 0.255 e. The van der Waals surface area contributed by atoms with Gasteiger partial charge in [0.25, 0.3) is 5.91 Å². The molecule has 0 radical (unpaired) electrons. The zero-order valence-electron chi connectivity index (χ0n) is 18.4. The van der Waals surface area contributed by atoms with Crippen molar-refractivity contribution in [2.45, 2.75) is 69.4 Å². The Kier molecular flexibility index (Phi) is 4.32. The lowest BCUT2D eigenvalue weighted by atomic mass is 9.60. The summed E-state index contributed by atoms with van der Waals surface area (Å²) in [4.78, 5) is 43.4. The molecule has 2 bridgehead atoms. The van der Waals surface area contributed by atoms with Gasteiger partial charge in [0.05, 0.1) is 5.69 Å². The van der Waals surface area contributed by atoms with E-state index in [1.807, 2.05) is 18.2 Å². The van der Waals surface area contributed by atoms with E-state index in [9.17, 15) is 14.4 Å². The lowest BCUT2D eigenvalue weighted by molar-refractivity contribution is -0.136. The first kappa shape index (κ1) is 19.7. The third kappa shape index (κ3) is 2.93. The first-order chi connectivity index (χ1) is 15.4. The number of nitrogens with one attached hydrogen (secondary N) is 1. The first-order valence-electron chi connectivity index (χ1n) is 11.8. The van der Waals surface area contributed by atoms with Crippen LogP contribution in [-0.4, -0.2) is 38.2 Å². The number of fused-ring (bicyclic) bond motifs is 4. The van der Waals surface area contributed by atoms with Gasteiger partial charge in [-0.1, -0.05) is 6.07 Å². The maximum absolute atomic E-state index is 13.0. The van der Waals surface area contributed by atoms with E-state index in [0.29, 0.717) is 18.5 Å². The fourth-order valence-electron chi connectivity index (χ4n) is 6.42. The summed E-state index contributed by atoms with van der Waals surface area (Å²) in [5.74, 6) is 1.33. The number of amides is 3. The lowest BCUT2D eigenvalue weighted by Gasteiger charge is -2.45. The zero-order valence-corrected chi connectivity index (χ0v) is 18.4. The van der Waals surface area contributed by atoms with Crippen LogP contribution >= 0.6 is 0 Å². The maximum atomic E-state index is 13.0. The van der Waals surface area contributed by atoms with E-state index in [2.05, 4.69) is 23.1 Å². The fourth-order valence-corrected chi connectivity index (χ4v) is 6.42. The molecule has 166 valence electrons. The van der Waals surface area contributed by atoms with Gasteiger partial charge in [-0.05, 0) is 68.6 Å². The maximum Gasteiger partial charge on any atom is 0.255 e. The second-order valence-electron chi connectivity index (χ2n) is 10.1. The number of carbonyl (C=O) groups excluding carboxylic acids is 3. The molecular weight excluding hydrogens is 404 g/mol. The van der Waals surface area contributed by atoms with Crippen molar-refractivity contribution in [3.63, 3.8) is 0 Å². The monoisotopic (exact) mass is 432 g/mol. The molecule has 32 heavy (non-hydrogen) atoms. The molecule has 2 aliphatic heterocycles. The van der Waals surface area contributed by atoms with Gasteiger partial charge >= 0.3 is 0 Å². The molecule has 3 aliphatic carbocycles. The second-order valence-corrected chi connectivity index (χ2v) is 10.1. The van der Waals surface area contributed by atoms with Gasteiger partial charge in [0.2, 0.25) is 11.8 Å². The minimum absolute atomic E-state index is 0.138. The molecule has 5 aliphatic rings. The summed E-state index contributed by atoms with van der Waals surface area (Å²) in [5, 5.41) is 2.36. The van der Waals surface area contributed by atoms with E-state index in [1.165, 1.54) is 44.3 Å². The molecular formula is C25H28N4O3. The molecule has 3 amide bonds. The summed E-state index contributed by atoms with van der Waals surface area (Å²) in [6, 6.07) is 5.28. The van der Waals surface area contributed by atoms with Crippen LogP contribution in [0.2, 0.25) is 0 Å². The number of carbonyl (C=O) groups is 3. The predicted molar refractivity (Wildman–Crippen MR) is 118 cm³/mol. The molecule has 1 aromatic heterocycles. The third-order valence-electron chi connectivity index (χ3n) is 8.26. The number of benzene rings is 1. The number of aromatic nitrogens is 2. The van der Waals surface area contributed by atoms with Crippen molar-refractivity contribution in [2.24, 2.45) is 13.0 Å². The Morgan fingerprint density at radius 3 is 2.53 bits per heavy atom. The molecule has 7 heteroatoms. The highest BCUT2D eigenvalue weighted by molar-refractivity contribution is 6.05. The summed E-state index contributed by atoms with van der Waals surface area (Å²) in [6.07, 6.45) is 10.4. The third-order valence-corrected chi connectivity index (χ3v) is 8.26. The predicted octanol–water partition coefficient (Wildman–Crippen LogP) is 3.07. The molecule has 4 fully saturated rings. The highest BCUT2D eigenvalue weighted by Crippen LogP contribution is 2.51. The number of nitrogens with zero attached hydrogens (tertiary/aromatic N) is 3. The lowest BCUT2D eigenvalue weighted by Crippen LogP contribution is -2.52. The fraction of sp³-hybridized carbons (Fsp3) is 0.520. The average molecular weight is 433 g/mol. The second kappa shape index (κ2) is 7.02. The molecule has 7 rings (SSSR count). The highest BCUT2D eigenvalue weighted by Gasteiger charge is 2.44. The van der Waals surface area contributed by atoms with Crippen molar-refractivity contribution in [1.82, 2.24) is 19.8 Å². The molecule has 1 unspecified atom stereocenters. The minimum Gasteiger partial charge on any atom is -0.337 e. The summed E-state index contributed by atoms with van der Waals surface area (Å²) in [6.45, 7) is 0.388. The number of piperidine rings is 1. The minimum atomic E-state index is -0.585. The zero-order chi connectivity index (χ0) is 22.0. The van der Waals surface area contributed by atoms with E-state index >= 15 is 0 Å². The van der Waals surface area contributed by atoms with Gasteiger partial charge in [0.15, 0.2) is 0 Å². The number of imide groups is 1. The number of rotatable bonds is 3. The normalized spacial score (nSPS) is 29.4. The number of hydrogen-bond acceptors (Lipinski definition) is 4. The van der Waals surface area contributed by atoms with E-state index in [-0.39, 0.29) is 29.6 Å². The van der Waals surface area contributed by atoms with Gasteiger partial charge in [-0.25, -0.2) is 4.98 Å². The van der Waals surface area contributed by atoms with Crippen molar-refractivity contribution >= 4 is 17.7 Å². The molecule has 1 aromatic carbocycles. The van der Waals surface area contributed by atoms with Crippen LogP contribution in [0.5, 0.6) is 0 Å². The Balaban J connectivity index is 1.28. The SMILES string of the molecule is Cn1cc(-c2ccc3c(c2)CN(C2CCC(=O)NC2=O)C3=O)nc1C12CCC(CC1)CC2. The molecule has 3 heterocycles. The van der Waals surface area contributed by atoms with Crippen LogP contribution in [0.4, 0.5) is 0 Å². The van der Waals surface area contributed by atoms with Crippen molar-refractivity contribution in [3.05, 3.63) is 41.3 Å². The van der Waals surface area contributed by atoms with E-state index < -0.39 is 6.04 Å². The van der Waals surface area contributed by atoms with Crippen LogP contribution in [0, 0.1) is 5.92 Å². The van der Waals surface area contributed by atoms with Crippen molar-refractivity contribution in [1.29, 1.82) is 0 Å². The summed E-state index contributed by atoms with van der Waals surface area (Å²) in [5.41, 5.74) is 3.72. The van der Waals surface area contributed by atoms with Gasteiger partial charge in [0.1, 0.15) is 11.9 Å². The van der Waals surface area contributed by atoms with Crippen LogP contribution in [0.3, 0.4) is 0 Å². The molecule has 7 nitrogen and oxygen atoms in total. The van der Waals surface area contributed by atoms with Gasteiger partial charge < -0.3 is 9.47 Å². The molecule has 2 aromatic rings. The summed E-state index contributed by atoms with van der Waals surface area (Å²) < 4.78 is 2.20. The Labute approximate surface area is 187 Å². The molecule has 3 saturated carbocycles. The molecule has 1 atom stereocenters.